The maximum Gasteiger partial charge on any atom is 0.255 e. The fourth-order valence-electron chi connectivity index (χ4n) is 4.41. The summed E-state index contributed by atoms with van der Waals surface area (Å²) in [4.78, 5) is 17.9. The van der Waals surface area contributed by atoms with Gasteiger partial charge in [-0.15, -0.1) is 0 Å². The highest BCUT2D eigenvalue weighted by molar-refractivity contribution is 6.06. The van der Waals surface area contributed by atoms with Gasteiger partial charge in [-0.3, -0.25) is 4.79 Å². The quantitative estimate of drug-likeness (QED) is 0.356. The molecule has 0 saturated carbocycles. The van der Waals surface area contributed by atoms with Crippen molar-refractivity contribution in [2.75, 3.05) is 17.7 Å². The largest absolute Gasteiger partial charge is 0.493 e. The molecule has 8 heteroatoms. The Balaban J connectivity index is 1.47. The second kappa shape index (κ2) is 10.2. The van der Waals surface area contributed by atoms with Gasteiger partial charge in [0, 0.05) is 11.4 Å². The fourth-order valence-corrected chi connectivity index (χ4v) is 4.41. The minimum Gasteiger partial charge on any atom is -0.493 e. The molecule has 0 bridgehead atoms. The molecular weight excluding hydrogens is 466 g/mol. The number of carbonyl (C=O) groups excluding carboxylic acids is 1. The number of carbonyl (C=O) groups is 1. The zero-order chi connectivity index (χ0) is 25.9. The van der Waals surface area contributed by atoms with Gasteiger partial charge >= 0.3 is 0 Å². The van der Waals surface area contributed by atoms with Crippen molar-refractivity contribution in [3.63, 3.8) is 0 Å². The van der Waals surface area contributed by atoms with Crippen LogP contribution in [-0.4, -0.2) is 27.8 Å². The smallest absolute Gasteiger partial charge is 0.255 e. The number of hydrogen-bond acceptors (Lipinski definition) is 6. The highest BCUT2D eigenvalue weighted by atomic mass is 16.5. The van der Waals surface area contributed by atoms with Crippen LogP contribution >= 0.6 is 0 Å². The topological polar surface area (TPSA) is 90.3 Å². The molecule has 2 heterocycles. The monoisotopic (exact) mass is 495 g/mol. The molecule has 0 radical (unpaired) electrons. The average molecular weight is 496 g/mol. The molecule has 1 amide bonds. The van der Waals surface area contributed by atoms with Crippen LogP contribution in [-0.2, 0) is 11.4 Å². The summed E-state index contributed by atoms with van der Waals surface area (Å²) in [5, 5.41) is 10.7. The number of aryl methyl sites for hydroxylation is 2. The van der Waals surface area contributed by atoms with Crippen molar-refractivity contribution in [1.82, 2.24) is 14.8 Å². The molecule has 1 aliphatic rings. The van der Waals surface area contributed by atoms with E-state index in [0.29, 0.717) is 35.3 Å². The van der Waals surface area contributed by atoms with Crippen molar-refractivity contribution in [3.05, 3.63) is 107 Å². The zero-order valence-electron chi connectivity index (χ0n) is 21.3. The molecule has 1 aliphatic heterocycles. The number of allylic oxidation sites excluding steroid dienone is 1. The Morgan fingerprint density at radius 3 is 2.57 bits per heavy atom. The number of methoxy groups -OCH3 is 1. The van der Waals surface area contributed by atoms with Crippen LogP contribution in [0.1, 0.15) is 35.2 Å². The van der Waals surface area contributed by atoms with Crippen molar-refractivity contribution in [2.24, 2.45) is 0 Å². The van der Waals surface area contributed by atoms with E-state index in [-0.39, 0.29) is 5.91 Å². The highest BCUT2D eigenvalue weighted by Crippen LogP contribution is 2.39. The molecule has 0 aliphatic carbocycles. The van der Waals surface area contributed by atoms with Crippen LogP contribution in [0.3, 0.4) is 0 Å². The second-order valence-electron chi connectivity index (χ2n) is 9.05. The third-order valence-corrected chi connectivity index (χ3v) is 6.45. The number of anilines is 2. The Morgan fingerprint density at radius 2 is 1.81 bits per heavy atom. The summed E-state index contributed by atoms with van der Waals surface area (Å²) in [7, 11) is 1.61. The fraction of sp³-hybridized carbons (Fsp3) is 0.207. The Hall–Kier alpha value is -4.59. The molecule has 0 fully saturated rings. The van der Waals surface area contributed by atoms with Gasteiger partial charge in [0.05, 0.1) is 12.7 Å². The number of rotatable bonds is 7. The van der Waals surface area contributed by atoms with Gasteiger partial charge in [-0.05, 0) is 55.7 Å². The first kappa shape index (κ1) is 24.1. The van der Waals surface area contributed by atoms with E-state index in [4.69, 9.17) is 9.47 Å². The van der Waals surface area contributed by atoms with Crippen LogP contribution in [0.2, 0.25) is 0 Å². The molecule has 8 nitrogen and oxygen atoms in total. The van der Waals surface area contributed by atoms with Crippen LogP contribution in [0.15, 0.2) is 84.3 Å². The highest BCUT2D eigenvalue weighted by Gasteiger charge is 2.34. The van der Waals surface area contributed by atoms with Gasteiger partial charge < -0.3 is 20.1 Å². The number of aromatic nitrogens is 3. The van der Waals surface area contributed by atoms with E-state index >= 15 is 0 Å². The summed E-state index contributed by atoms with van der Waals surface area (Å²) in [5.41, 5.74) is 6.07. The Morgan fingerprint density at radius 1 is 1.03 bits per heavy atom. The first-order valence-corrected chi connectivity index (χ1v) is 12.0. The number of nitrogens with zero attached hydrogens (tertiary/aromatic N) is 3. The maximum atomic E-state index is 13.6. The Kier molecular flexibility index (Phi) is 6.64. The van der Waals surface area contributed by atoms with Crippen LogP contribution in [0.4, 0.5) is 11.6 Å². The molecule has 3 aromatic carbocycles. The van der Waals surface area contributed by atoms with Crippen LogP contribution < -0.4 is 20.1 Å². The van der Waals surface area contributed by atoms with Crippen molar-refractivity contribution in [1.29, 1.82) is 0 Å². The lowest BCUT2D eigenvalue weighted by Gasteiger charge is -2.29. The van der Waals surface area contributed by atoms with Crippen LogP contribution in [0.25, 0.3) is 0 Å². The molecule has 188 valence electrons. The standard InChI is InChI=1S/C29H29N5O3/c1-18-9-11-21(12-10-18)16-37-24-14-13-22(15-25(24)36-4)27-26(20(3)32-29-30-17-31-34(27)29)28(35)33-23-8-6-5-7-19(23)2/h5-15,17,27H,16H2,1-4H3,(H,33,35)(H,30,31,32)/t27-/m1/s1. The third-order valence-electron chi connectivity index (χ3n) is 6.45. The first-order valence-electron chi connectivity index (χ1n) is 12.0. The van der Waals surface area contributed by atoms with E-state index in [9.17, 15) is 4.79 Å². The molecule has 37 heavy (non-hydrogen) atoms. The molecule has 1 atom stereocenters. The number of nitrogens with one attached hydrogen (secondary N) is 2. The number of ether oxygens (including phenoxy) is 2. The van der Waals surface area contributed by atoms with Crippen molar-refractivity contribution in [2.45, 2.75) is 33.4 Å². The average Bonchev–Trinajstić information content (AvgIpc) is 3.37. The molecule has 0 spiro atoms. The van der Waals surface area contributed by atoms with Crippen LogP contribution in [0.5, 0.6) is 11.5 Å². The van der Waals surface area contributed by atoms with E-state index in [1.165, 1.54) is 11.9 Å². The molecule has 1 aromatic heterocycles. The minimum atomic E-state index is -0.511. The predicted octanol–water partition coefficient (Wildman–Crippen LogP) is 5.41. The summed E-state index contributed by atoms with van der Waals surface area (Å²) < 4.78 is 13.5. The summed E-state index contributed by atoms with van der Waals surface area (Å²) in [6.45, 7) is 6.30. The third kappa shape index (κ3) is 4.91. The van der Waals surface area contributed by atoms with Crippen molar-refractivity contribution < 1.29 is 14.3 Å². The lowest BCUT2D eigenvalue weighted by atomic mass is 9.94. The van der Waals surface area contributed by atoms with E-state index in [1.54, 1.807) is 11.8 Å². The second-order valence-corrected chi connectivity index (χ2v) is 9.05. The number of hydrogen-bond donors (Lipinski definition) is 2. The normalized spacial score (nSPS) is 14.5. The van der Waals surface area contributed by atoms with Gasteiger partial charge in [-0.2, -0.15) is 10.1 Å². The van der Waals surface area contributed by atoms with Gasteiger partial charge in [-0.25, -0.2) is 4.68 Å². The van der Waals surface area contributed by atoms with Gasteiger partial charge in [0.15, 0.2) is 11.5 Å². The van der Waals surface area contributed by atoms with Gasteiger partial charge in [0.2, 0.25) is 5.95 Å². The van der Waals surface area contributed by atoms with E-state index in [2.05, 4.69) is 39.8 Å². The van der Waals surface area contributed by atoms with Crippen LogP contribution in [0, 0.1) is 13.8 Å². The van der Waals surface area contributed by atoms with E-state index in [0.717, 1.165) is 22.4 Å². The van der Waals surface area contributed by atoms with E-state index < -0.39 is 6.04 Å². The summed E-state index contributed by atoms with van der Waals surface area (Å²) in [6.07, 6.45) is 1.47. The molecule has 4 aromatic rings. The maximum absolute atomic E-state index is 13.6. The van der Waals surface area contributed by atoms with E-state index in [1.807, 2.05) is 68.4 Å². The van der Waals surface area contributed by atoms with Gasteiger partial charge in [0.25, 0.3) is 5.91 Å². The van der Waals surface area contributed by atoms with Crippen molar-refractivity contribution in [3.8, 4) is 11.5 Å². The number of benzene rings is 3. The van der Waals surface area contributed by atoms with Gasteiger partial charge in [-0.1, -0.05) is 54.1 Å². The lowest BCUT2D eigenvalue weighted by Crippen LogP contribution is -2.31. The number of para-hydroxylation sites is 1. The Labute approximate surface area is 216 Å². The van der Waals surface area contributed by atoms with Gasteiger partial charge in [0.1, 0.15) is 19.0 Å². The summed E-state index contributed by atoms with van der Waals surface area (Å²) >= 11 is 0. The van der Waals surface area contributed by atoms with Crippen molar-refractivity contribution >= 4 is 17.5 Å². The number of amides is 1. The minimum absolute atomic E-state index is 0.218. The number of fused-ring (bicyclic) bond motifs is 1. The predicted molar refractivity (Wildman–Crippen MR) is 143 cm³/mol. The summed E-state index contributed by atoms with van der Waals surface area (Å²) in [5.74, 6) is 1.53. The molecule has 5 rings (SSSR count). The lowest BCUT2D eigenvalue weighted by molar-refractivity contribution is -0.113. The SMILES string of the molecule is COc1cc([C@@H]2C(C(=O)Nc3ccccc3C)=C(C)Nc3ncnn32)ccc1OCc1ccc(C)cc1. The molecule has 0 unspecified atom stereocenters. The zero-order valence-corrected chi connectivity index (χ0v) is 21.3. The summed E-state index contributed by atoms with van der Waals surface area (Å²) in [6, 6.07) is 21.1. The molecule has 0 saturated heterocycles. The molecular formula is C29H29N5O3. The molecule has 2 N–H and O–H groups in total. The Bertz CT molecular complexity index is 1470. The first-order chi connectivity index (χ1) is 17.9.